The van der Waals surface area contributed by atoms with Gasteiger partial charge in [-0.2, -0.15) is 13.2 Å². The second-order valence-corrected chi connectivity index (χ2v) is 9.33. The van der Waals surface area contributed by atoms with Gasteiger partial charge in [-0.25, -0.2) is 9.97 Å². The number of primary amides is 1. The van der Waals surface area contributed by atoms with Gasteiger partial charge in [0.25, 0.3) is 0 Å². The number of carbonyl (C=O) groups excluding carboxylic acids is 1. The number of alkyl halides is 3. The first-order valence-electron chi connectivity index (χ1n) is 11.9. The molecule has 2 aromatic heterocycles. The van der Waals surface area contributed by atoms with Gasteiger partial charge in [0.2, 0.25) is 5.91 Å². The van der Waals surface area contributed by atoms with E-state index in [2.05, 4.69) is 28.8 Å². The van der Waals surface area contributed by atoms with Crippen LogP contribution in [0.25, 0.3) is 0 Å². The fourth-order valence-electron chi connectivity index (χ4n) is 4.43. The van der Waals surface area contributed by atoms with E-state index in [-0.39, 0.29) is 12.1 Å². The summed E-state index contributed by atoms with van der Waals surface area (Å²) >= 11 is 0. The Balaban J connectivity index is 1.58. The minimum absolute atomic E-state index is 0.0505. The van der Waals surface area contributed by atoms with E-state index in [1.165, 1.54) is 0 Å². The van der Waals surface area contributed by atoms with Crippen LogP contribution in [0, 0.1) is 0 Å². The fraction of sp³-hybridized carbons (Fsp3) is 0.407. The summed E-state index contributed by atoms with van der Waals surface area (Å²) < 4.78 is 41.2. The number of nitrogens with two attached hydrogens (primary N) is 1. The lowest BCUT2D eigenvalue weighted by molar-refractivity contribution is -0.138. The van der Waals surface area contributed by atoms with Crippen molar-refractivity contribution in [3.63, 3.8) is 0 Å². The first-order valence-corrected chi connectivity index (χ1v) is 11.9. The number of rotatable bonds is 9. The van der Waals surface area contributed by atoms with Gasteiger partial charge >= 0.3 is 6.18 Å². The molecule has 2 heterocycles. The van der Waals surface area contributed by atoms with E-state index in [4.69, 9.17) is 5.73 Å². The van der Waals surface area contributed by atoms with Crippen LogP contribution in [0.3, 0.4) is 0 Å². The SMILES string of the molecule is CCC(C)c1ccc(Cc2ncc(C(F)(F)F)c(CCc3ccccc3C3(C(N)=O)CC3)n2)cn1. The highest BCUT2D eigenvalue weighted by atomic mass is 19.4. The second-order valence-electron chi connectivity index (χ2n) is 9.33. The van der Waals surface area contributed by atoms with Crippen LogP contribution in [-0.2, 0) is 35.6 Å². The molecule has 0 radical (unpaired) electrons. The number of hydrogen-bond acceptors (Lipinski definition) is 4. The monoisotopic (exact) mass is 482 g/mol. The molecule has 0 bridgehead atoms. The molecule has 1 aromatic carbocycles. The summed E-state index contributed by atoms with van der Waals surface area (Å²) in [4.78, 5) is 24.8. The zero-order valence-corrected chi connectivity index (χ0v) is 19.9. The van der Waals surface area contributed by atoms with Crippen molar-refractivity contribution in [2.45, 2.75) is 69.9 Å². The molecule has 1 aliphatic carbocycles. The van der Waals surface area contributed by atoms with Crippen LogP contribution >= 0.6 is 0 Å². The molecule has 0 aliphatic heterocycles. The van der Waals surface area contributed by atoms with Gasteiger partial charge in [0, 0.05) is 24.5 Å². The average molecular weight is 483 g/mol. The third-order valence-corrected chi connectivity index (χ3v) is 6.94. The third-order valence-electron chi connectivity index (χ3n) is 6.94. The van der Waals surface area contributed by atoms with Crippen LogP contribution < -0.4 is 5.73 Å². The number of nitrogens with zero attached hydrogens (tertiary/aromatic N) is 3. The smallest absolute Gasteiger partial charge is 0.369 e. The second kappa shape index (κ2) is 9.76. The van der Waals surface area contributed by atoms with Gasteiger partial charge in [0.05, 0.1) is 16.7 Å². The van der Waals surface area contributed by atoms with E-state index in [1.807, 2.05) is 36.4 Å². The maximum absolute atomic E-state index is 13.7. The molecule has 1 unspecified atom stereocenters. The summed E-state index contributed by atoms with van der Waals surface area (Å²) in [6.07, 6.45) is 1.02. The number of carbonyl (C=O) groups is 1. The highest BCUT2D eigenvalue weighted by molar-refractivity contribution is 5.90. The van der Waals surface area contributed by atoms with Crippen molar-refractivity contribution >= 4 is 5.91 Å². The Bertz CT molecular complexity index is 1200. The summed E-state index contributed by atoms with van der Waals surface area (Å²) in [6, 6.07) is 11.2. The van der Waals surface area contributed by atoms with Crippen molar-refractivity contribution < 1.29 is 18.0 Å². The van der Waals surface area contributed by atoms with Gasteiger partial charge in [-0.05, 0) is 60.8 Å². The third kappa shape index (κ3) is 5.36. The molecule has 2 N–H and O–H groups in total. The largest absolute Gasteiger partial charge is 0.419 e. The van der Waals surface area contributed by atoms with Crippen LogP contribution in [0.2, 0.25) is 0 Å². The van der Waals surface area contributed by atoms with Crippen LogP contribution in [0.1, 0.15) is 78.5 Å². The quantitative estimate of drug-likeness (QED) is 0.449. The van der Waals surface area contributed by atoms with Crippen LogP contribution in [0.4, 0.5) is 13.2 Å². The Hall–Kier alpha value is -3.29. The van der Waals surface area contributed by atoms with Gasteiger partial charge in [-0.3, -0.25) is 9.78 Å². The predicted molar refractivity (Wildman–Crippen MR) is 127 cm³/mol. The van der Waals surface area contributed by atoms with E-state index in [1.54, 1.807) is 6.20 Å². The molecule has 0 saturated heterocycles. The Morgan fingerprint density at radius 2 is 1.83 bits per heavy atom. The zero-order chi connectivity index (χ0) is 25.2. The Kier molecular flexibility index (Phi) is 6.92. The number of halogens is 3. The Morgan fingerprint density at radius 3 is 2.43 bits per heavy atom. The molecule has 1 saturated carbocycles. The van der Waals surface area contributed by atoms with E-state index >= 15 is 0 Å². The lowest BCUT2D eigenvalue weighted by Gasteiger charge is -2.17. The number of pyridine rings is 1. The Morgan fingerprint density at radius 1 is 1.09 bits per heavy atom. The minimum Gasteiger partial charge on any atom is -0.369 e. The van der Waals surface area contributed by atoms with Crippen LogP contribution in [0.5, 0.6) is 0 Å². The van der Waals surface area contributed by atoms with Crippen LogP contribution in [-0.4, -0.2) is 20.9 Å². The maximum atomic E-state index is 13.7. The zero-order valence-electron chi connectivity index (χ0n) is 19.9. The molecule has 4 rings (SSSR count). The maximum Gasteiger partial charge on any atom is 0.419 e. The predicted octanol–water partition coefficient (Wildman–Crippen LogP) is 5.30. The molecular formula is C27H29F3N4O. The molecule has 184 valence electrons. The first-order chi connectivity index (χ1) is 16.6. The molecular weight excluding hydrogens is 453 g/mol. The fourth-order valence-corrected chi connectivity index (χ4v) is 4.43. The number of hydrogen-bond donors (Lipinski definition) is 1. The highest BCUT2D eigenvalue weighted by Gasteiger charge is 2.50. The number of aryl methyl sites for hydroxylation is 2. The van der Waals surface area contributed by atoms with E-state index in [0.717, 1.165) is 35.0 Å². The molecule has 3 aromatic rings. The Labute approximate surface area is 203 Å². The van der Waals surface area contributed by atoms with E-state index in [9.17, 15) is 18.0 Å². The summed E-state index contributed by atoms with van der Waals surface area (Å²) in [7, 11) is 0. The minimum atomic E-state index is -4.56. The highest BCUT2D eigenvalue weighted by Crippen LogP contribution is 2.49. The van der Waals surface area contributed by atoms with Crippen molar-refractivity contribution in [1.82, 2.24) is 15.0 Å². The van der Waals surface area contributed by atoms with E-state index in [0.29, 0.717) is 37.4 Å². The van der Waals surface area contributed by atoms with Gasteiger partial charge in [-0.15, -0.1) is 0 Å². The lowest BCUT2D eigenvalue weighted by Crippen LogP contribution is -2.29. The molecule has 5 nitrogen and oxygen atoms in total. The molecule has 1 aliphatic rings. The summed E-state index contributed by atoms with van der Waals surface area (Å²) in [5.74, 6) is 0.263. The number of amides is 1. The molecule has 1 fully saturated rings. The van der Waals surface area contributed by atoms with Gasteiger partial charge in [0.15, 0.2) is 0 Å². The van der Waals surface area contributed by atoms with Crippen molar-refractivity contribution in [1.29, 1.82) is 0 Å². The van der Waals surface area contributed by atoms with Crippen molar-refractivity contribution in [3.05, 3.63) is 88.3 Å². The van der Waals surface area contributed by atoms with Gasteiger partial charge < -0.3 is 5.73 Å². The molecule has 0 spiro atoms. The number of benzene rings is 1. The first kappa shape index (κ1) is 24.8. The lowest BCUT2D eigenvalue weighted by atomic mass is 9.88. The van der Waals surface area contributed by atoms with Crippen molar-refractivity contribution in [3.8, 4) is 0 Å². The topological polar surface area (TPSA) is 81.8 Å². The average Bonchev–Trinajstić information content (AvgIpc) is 3.64. The van der Waals surface area contributed by atoms with Gasteiger partial charge in [-0.1, -0.05) is 44.2 Å². The molecule has 1 atom stereocenters. The summed E-state index contributed by atoms with van der Waals surface area (Å²) in [6.45, 7) is 4.19. The van der Waals surface area contributed by atoms with Crippen LogP contribution in [0.15, 0.2) is 48.8 Å². The van der Waals surface area contributed by atoms with Crippen molar-refractivity contribution in [2.75, 3.05) is 0 Å². The normalized spacial score (nSPS) is 15.6. The van der Waals surface area contributed by atoms with Gasteiger partial charge in [0.1, 0.15) is 5.82 Å². The van der Waals surface area contributed by atoms with Crippen molar-refractivity contribution in [2.24, 2.45) is 5.73 Å². The molecule has 8 heteroatoms. The number of aromatic nitrogens is 3. The summed E-state index contributed by atoms with van der Waals surface area (Å²) in [5.41, 5.74) is 7.50. The van der Waals surface area contributed by atoms with E-state index < -0.39 is 23.1 Å². The molecule has 1 amide bonds. The standard InChI is InChI=1S/C27H29F3N4O/c1-3-17(2)22-10-8-18(15-32-22)14-24-33-16-21(27(28,29)30)23(34-24)11-9-19-6-4-5-7-20(19)26(12-13-26)25(31)35/h4-8,10,15-17H,3,9,11-14H2,1-2H3,(H2,31,35). The summed E-state index contributed by atoms with van der Waals surface area (Å²) in [5, 5.41) is 0. The molecule has 35 heavy (non-hydrogen) atoms.